The smallest absolute Gasteiger partial charge is 0.0633 e. The Hall–Kier alpha value is -4.82. The van der Waals surface area contributed by atoms with Crippen LogP contribution < -0.4 is 4.90 Å². The molecule has 1 aromatic heterocycles. The van der Waals surface area contributed by atoms with E-state index in [1.165, 1.54) is 94.5 Å². The lowest BCUT2D eigenvalue weighted by Gasteiger charge is -2.32. The molecule has 50 heavy (non-hydrogen) atoms. The first kappa shape index (κ1) is 30.0. The molecule has 0 spiro atoms. The monoisotopic (exact) mass is 650 g/mol. The van der Waals surface area contributed by atoms with E-state index < -0.39 is 0 Å². The Morgan fingerprint density at radius 3 is 1.74 bits per heavy atom. The van der Waals surface area contributed by atoms with Crippen molar-refractivity contribution in [2.24, 2.45) is 0 Å². The van der Waals surface area contributed by atoms with Gasteiger partial charge in [0.15, 0.2) is 0 Å². The molecule has 3 aliphatic carbocycles. The fourth-order valence-corrected chi connectivity index (χ4v) is 10.8. The summed E-state index contributed by atoms with van der Waals surface area (Å²) in [6.07, 6.45) is 5.88. The first-order valence-electron chi connectivity index (χ1n) is 18.5. The maximum Gasteiger partial charge on any atom is 0.0633 e. The van der Waals surface area contributed by atoms with Gasteiger partial charge in [-0.25, -0.2) is 0 Å². The predicted octanol–water partition coefficient (Wildman–Crippen LogP) is 12.4. The summed E-state index contributed by atoms with van der Waals surface area (Å²) in [7, 11) is 0. The van der Waals surface area contributed by atoms with Crippen molar-refractivity contribution in [1.82, 2.24) is 4.57 Å². The Labute approximate surface area is 296 Å². The average Bonchev–Trinajstić information content (AvgIpc) is 3.73. The van der Waals surface area contributed by atoms with Gasteiger partial charge < -0.3 is 9.47 Å². The molecular formula is C48H46N2. The van der Waals surface area contributed by atoms with E-state index in [2.05, 4.69) is 168 Å². The quantitative estimate of drug-likeness (QED) is 0.181. The summed E-state index contributed by atoms with van der Waals surface area (Å²) in [6.45, 7) is 18.9. The molecule has 2 heterocycles. The highest BCUT2D eigenvalue weighted by molar-refractivity contribution is 6.09. The Morgan fingerprint density at radius 2 is 1.12 bits per heavy atom. The number of hydrogen-bond acceptors (Lipinski definition) is 1. The molecule has 248 valence electrons. The van der Waals surface area contributed by atoms with Crippen molar-refractivity contribution in [3.63, 3.8) is 0 Å². The van der Waals surface area contributed by atoms with E-state index in [-0.39, 0.29) is 10.8 Å². The van der Waals surface area contributed by atoms with Gasteiger partial charge in [0.1, 0.15) is 0 Å². The molecule has 0 radical (unpaired) electrons. The fourth-order valence-electron chi connectivity index (χ4n) is 10.8. The number of nitrogens with zero attached hydrogens (tertiary/aromatic N) is 2. The largest absolute Gasteiger partial charge is 0.333 e. The number of aromatic nitrogens is 1. The zero-order valence-corrected chi connectivity index (χ0v) is 30.6. The van der Waals surface area contributed by atoms with E-state index >= 15 is 0 Å². The van der Waals surface area contributed by atoms with Gasteiger partial charge in [-0.2, -0.15) is 0 Å². The highest BCUT2D eigenvalue weighted by Gasteiger charge is 2.58. The number of fused-ring (bicyclic) bond motifs is 11. The van der Waals surface area contributed by atoms with Gasteiger partial charge in [-0.05, 0) is 133 Å². The van der Waals surface area contributed by atoms with Crippen LogP contribution in [0.25, 0.3) is 33.1 Å². The van der Waals surface area contributed by atoms with Crippen molar-refractivity contribution in [3.8, 4) is 5.69 Å². The van der Waals surface area contributed by atoms with Gasteiger partial charge in [-0.15, -0.1) is 0 Å². The lowest BCUT2D eigenvalue weighted by Crippen LogP contribution is -2.28. The van der Waals surface area contributed by atoms with E-state index in [4.69, 9.17) is 0 Å². The molecule has 10 rings (SSSR count). The van der Waals surface area contributed by atoms with Crippen molar-refractivity contribution in [1.29, 1.82) is 0 Å². The molecule has 0 amide bonds. The number of aryl methyl sites for hydroxylation is 3. The molecule has 3 unspecified atom stereocenters. The van der Waals surface area contributed by atoms with E-state index in [1.807, 2.05) is 0 Å². The van der Waals surface area contributed by atoms with Gasteiger partial charge in [-0.1, -0.05) is 92.4 Å². The summed E-state index contributed by atoms with van der Waals surface area (Å²) in [6, 6.07) is 36.1. The van der Waals surface area contributed by atoms with Crippen molar-refractivity contribution in [2.75, 3.05) is 4.90 Å². The number of hydrogen-bond donors (Lipinski definition) is 0. The van der Waals surface area contributed by atoms with Crippen LogP contribution >= 0.6 is 0 Å². The normalized spacial score (nSPS) is 22.2. The van der Waals surface area contributed by atoms with Crippen LogP contribution in [-0.2, 0) is 10.8 Å². The lowest BCUT2D eigenvalue weighted by molar-refractivity contribution is 0.349. The Bertz CT molecular complexity index is 2470. The third kappa shape index (κ3) is 3.85. The summed E-state index contributed by atoms with van der Waals surface area (Å²) in [5.74, 6) is 0.860. The zero-order valence-electron chi connectivity index (χ0n) is 30.6. The molecule has 0 bridgehead atoms. The molecule has 4 aliphatic rings. The van der Waals surface area contributed by atoms with Gasteiger partial charge in [0, 0.05) is 45.2 Å². The standard InChI is InChI=1S/C48H46N2/c1-27-9-17-41-35(21-27)36-22-28(2)10-18-42(36)49(41)31-13-15-33-39(25-31)47(5,6)46-34-16-14-32(26-40(34)48(7,8)45(33)46)50-43-19-11-29(3)23-37(43)38-24-30(4)12-20-44(38)50/h9-19,21-26,44-46H,20H2,1-8H3. The van der Waals surface area contributed by atoms with E-state index in [0.29, 0.717) is 17.9 Å². The summed E-state index contributed by atoms with van der Waals surface area (Å²) < 4.78 is 2.50. The molecule has 3 atom stereocenters. The maximum absolute atomic E-state index is 2.63. The second-order valence-corrected chi connectivity index (χ2v) is 17.0. The summed E-state index contributed by atoms with van der Waals surface area (Å²) >= 11 is 0. The summed E-state index contributed by atoms with van der Waals surface area (Å²) in [5.41, 5.74) is 20.8. The van der Waals surface area contributed by atoms with Crippen LogP contribution in [0.2, 0.25) is 0 Å². The molecule has 0 saturated carbocycles. The van der Waals surface area contributed by atoms with Gasteiger partial charge in [0.2, 0.25) is 0 Å². The molecule has 0 saturated heterocycles. The van der Waals surface area contributed by atoms with E-state index in [9.17, 15) is 0 Å². The van der Waals surface area contributed by atoms with Crippen LogP contribution in [0.5, 0.6) is 0 Å². The van der Waals surface area contributed by atoms with Crippen molar-refractivity contribution in [3.05, 3.63) is 153 Å². The number of rotatable bonds is 2. The molecule has 6 aromatic rings. The molecule has 1 aliphatic heterocycles. The van der Waals surface area contributed by atoms with Gasteiger partial charge in [-0.3, -0.25) is 0 Å². The first-order chi connectivity index (χ1) is 23.9. The van der Waals surface area contributed by atoms with Gasteiger partial charge in [0.25, 0.3) is 0 Å². The first-order valence-corrected chi connectivity index (χ1v) is 18.5. The highest BCUT2D eigenvalue weighted by atomic mass is 15.2. The third-order valence-electron chi connectivity index (χ3n) is 13.1. The minimum atomic E-state index is -0.00858. The van der Waals surface area contributed by atoms with Crippen LogP contribution in [0.3, 0.4) is 0 Å². The molecule has 2 nitrogen and oxygen atoms in total. The minimum absolute atomic E-state index is 0.000497. The molecule has 2 heteroatoms. The molecular weight excluding hydrogens is 605 g/mol. The molecule has 0 fully saturated rings. The van der Waals surface area contributed by atoms with Crippen LogP contribution in [0.1, 0.15) is 97.4 Å². The molecule has 5 aromatic carbocycles. The predicted molar refractivity (Wildman–Crippen MR) is 212 cm³/mol. The Morgan fingerprint density at radius 1 is 0.580 bits per heavy atom. The van der Waals surface area contributed by atoms with Crippen molar-refractivity contribution in [2.45, 2.75) is 90.5 Å². The number of anilines is 2. The number of benzene rings is 5. The highest BCUT2D eigenvalue weighted by Crippen LogP contribution is 2.67. The van der Waals surface area contributed by atoms with E-state index in [0.717, 1.165) is 6.42 Å². The minimum Gasteiger partial charge on any atom is -0.333 e. The van der Waals surface area contributed by atoms with Gasteiger partial charge in [0.05, 0.1) is 17.1 Å². The fraction of sp³-hybridized carbons (Fsp3) is 0.292. The third-order valence-corrected chi connectivity index (χ3v) is 13.1. The van der Waals surface area contributed by atoms with Crippen LogP contribution in [0.15, 0.2) is 109 Å². The topological polar surface area (TPSA) is 8.17 Å². The van der Waals surface area contributed by atoms with Crippen LogP contribution in [0.4, 0.5) is 11.4 Å². The van der Waals surface area contributed by atoms with Crippen molar-refractivity contribution < 1.29 is 0 Å². The van der Waals surface area contributed by atoms with Crippen LogP contribution in [-0.4, -0.2) is 10.6 Å². The molecule has 0 N–H and O–H groups in total. The summed E-state index contributed by atoms with van der Waals surface area (Å²) in [5, 5.41) is 2.67. The maximum atomic E-state index is 2.63. The van der Waals surface area contributed by atoms with E-state index in [1.54, 1.807) is 0 Å². The van der Waals surface area contributed by atoms with Crippen molar-refractivity contribution >= 4 is 38.8 Å². The average molecular weight is 651 g/mol. The summed E-state index contributed by atoms with van der Waals surface area (Å²) in [4.78, 5) is 2.63. The lowest BCUT2D eigenvalue weighted by atomic mass is 9.72. The van der Waals surface area contributed by atoms with Crippen LogP contribution in [0, 0.1) is 20.8 Å². The second-order valence-electron chi connectivity index (χ2n) is 17.0. The Balaban J connectivity index is 1.09. The number of allylic oxidation sites excluding steroid dienone is 2. The SMILES string of the molecule is CC1=CCC2C(=C1)c1cc(C)ccc1N2c1ccc2c(c1)C(C)(C)C1c3ccc(-n4c5ccc(C)cc5c5cc(C)ccc54)cc3C(C)(C)C21. The zero-order chi connectivity index (χ0) is 34.4. The van der Waals surface area contributed by atoms with Gasteiger partial charge >= 0.3 is 0 Å². The second kappa shape index (κ2) is 9.91. The Kier molecular flexibility index (Phi) is 5.95.